The van der Waals surface area contributed by atoms with Gasteiger partial charge in [-0.25, -0.2) is 18.5 Å². The maximum absolute atomic E-state index is 11.6. The molecule has 0 saturated carbocycles. The van der Waals surface area contributed by atoms with Gasteiger partial charge in [-0.15, -0.1) is 0 Å². The van der Waals surface area contributed by atoms with E-state index in [1.165, 1.54) is 12.1 Å². The van der Waals surface area contributed by atoms with E-state index in [1.54, 1.807) is 24.3 Å². The topological polar surface area (TPSA) is 130 Å². The lowest BCUT2D eigenvalue weighted by molar-refractivity contribution is 0.147. The second-order valence-corrected chi connectivity index (χ2v) is 9.63. The fraction of sp³-hybridized carbons (Fsp3) is 0.125. The molecule has 8 nitrogen and oxygen atoms in total. The first-order chi connectivity index (χ1) is 15.7. The Hall–Kier alpha value is -3.66. The van der Waals surface area contributed by atoms with Crippen LogP contribution < -0.4 is 10.5 Å². The molecule has 1 aliphatic carbocycles. The number of nitrogens with one attached hydrogen (secondary N) is 1. The molecule has 0 amide bonds. The summed E-state index contributed by atoms with van der Waals surface area (Å²) < 4.78 is 25.1. The molecule has 168 valence electrons. The number of anilines is 2. The van der Waals surface area contributed by atoms with Crippen LogP contribution in [0.2, 0.25) is 0 Å². The Labute approximate surface area is 190 Å². The summed E-state index contributed by atoms with van der Waals surface area (Å²) >= 11 is 0. The first-order valence-corrected chi connectivity index (χ1v) is 11.8. The van der Waals surface area contributed by atoms with Crippen LogP contribution in [0.15, 0.2) is 78.2 Å². The maximum atomic E-state index is 11.6. The summed E-state index contributed by atoms with van der Waals surface area (Å²) in [7, 11) is -3.80. The number of sulfonamides is 1. The van der Waals surface area contributed by atoms with Gasteiger partial charge in [0.2, 0.25) is 16.0 Å². The molecule has 33 heavy (non-hydrogen) atoms. The standard InChI is InChI=1S/C24H22N4O4S/c1-14(29)15-6-11-21-20(12-15)27-24(26-17-7-9-18(10-8-17)33(25,31)32)28(21)23-19-5-3-2-4-16(19)13-22(23)30/h2-12,22-23,29-30H,1,13H2,(H,26,27)(H2,25,31,32)/t22-,23+/m0/s1. The minimum Gasteiger partial charge on any atom is -0.508 e. The Morgan fingerprint density at radius 2 is 1.85 bits per heavy atom. The fourth-order valence-corrected chi connectivity index (χ4v) is 4.88. The molecular formula is C24H22N4O4S. The number of nitrogens with zero attached hydrogens (tertiary/aromatic N) is 2. The van der Waals surface area contributed by atoms with Crippen LogP contribution in [0.3, 0.4) is 0 Å². The smallest absolute Gasteiger partial charge is 0.238 e. The first-order valence-electron chi connectivity index (χ1n) is 10.3. The largest absolute Gasteiger partial charge is 0.508 e. The van der Waals surface area contributed by atoms with Crippen molar-refractivity contribution < 1.29 is 18.6 Å². The molecule has 0 bridgehead atoms. The molecule has 2 atom stereocenters. The van der Waals surface area contributed by atoms with Crippen molar-refractivity contribution in [3.8, 4) is 0 Å². The van der Waals surface area contributed by atoms with Crippen molar-refractivity contribution >= 4 is 38.5 Å². The van der Waals surface area contributed by atoms with E-state index >= 15 is 0 Å². The van der Waals surface area contributed by atoms with Gasteiger partial charge in [0.05, 0.1) is 28.1 Å². The number of fused-ring (bicyclic) bond motifs is 2. The third kappa shape index (κ3) is 3.76. The number of rotatable bonds is 5. The highest BCUT2D eigenvalue weighted by Gasteiger charge is 2.35. The zero-order valence-corrected chi connectivity index (χ0v) is 18.3. The third-order valence-electron chi connectivity index (χ3n) is 5.91. The van der Waals surface area contributed by atoms with Crippen LogP contribution in [-0.2, 0) is 16.4 Å². The highest BCUT2D eigenvalue weighted by Crippen LogP contribution is 2.39. The second kappa shape index (κ2) is 7.73. The molecule has 3 aromatic carbocycles. The van der Waals surface area contributed by atoms with E-state index in [4.69, 9.17) is 10.1 Å². The minimum atomic E-state index is -3.80. The van der Waals surface area contributed by atoms with Crippen LogP contribution in [0.1, 0.15) is 22.7 Å². The van der Waals surface area contributed by atoms with Crippen molar-refractivity contribution in [3.05, 3.63) is 90.0 Å². The number of aliphatic hydroxyl groups excluding tert-OH is 2. The molecule has 5 N–H and O–H groups in total. The van der Waals surface area contributed by atoms with Crippen molar-refractivity contribution in [3.63, 3.8) is 0 Å². The van der Waals surface area contributed by atoms with Crippen LogP contribution in [0.25, 0.3) is 16.8 Å². The Balaban J connectivity index is 1.65. The van der Waals surface area contributed by atoms with Crippen LogP contribution in [0, 0.1) is 0 Å². The van der Waals surface area contributed by atoms with Crippen molar-refractivity contribution in [2.24, 2.45) is 5.14 Å². The molecule has 0 aliphatic heterocycles. The van der Waals surface area contributed by atoms with E-state index in [-0.39, 0.29) is 16.7 Å². The number of imidazole rings is 1. The molecule has 0 unspecified atom stereocenters. The van der Waals surface area contributed by atoms with Gasteiger partial charge in [-0.1, -0.05) is 30.8 Å². The van der Waals surface area contributed by atoms with Gasteiger partial charge in [-0.3, -0.25) is 4.57 Å². The minimum absolute atomic E-state index is 0.00722. The van der Waals surface area contributed by atoms with Gasteiger partial charge >= 0.3 is 0 Å². The van der Waals surface area contributed by atoms with E-state index in [1.807, 2.05) is 34.9 Å². The summed E-state index contributed by atoms with van der Waals surface area (Å²) in [5, 5.41) is 29.2. The van der Waals surface area contributed by atoms with Gasteiger partial charge in [0.15, 0.2) is 0 Å². The summed E-state index contributed by atoms with van der Waals surface area (Å²) in [5.41, 5.74) is 4.61. The zero-order valence-electron chi connectivity index (χ0n) is 17.5. The quantitative estimate of drug-likeness (QED) is 0.336. The van der Waals surface area contributed by atoms with Crippen LogP contribution in [0.5, 0.6) is 0 Å². The number of nitrogens with two attached hydrogens (primary N) is 1. The van der Waals surface area contributed by atoms with Crippen LogP contribution in [0.4, 0.5) is 11.6 Å². The molecule has 9 heteroatoms. The Morgan fingerprint density at radius 3 is 2.55 bits per heavy atom. The first kappa shape index (κ1) is 21.2. The molecule has 0 fully saturated rings. The van der Waals surface area contributed by atoms with Gasteiger partial charge in [0.1, 0.15) is 5.76 Å². The lowest BCUT2D eigenvalue weighted by Crippen LogP contribution is -2.22. The third-order valence-corrected chi connectivity index (χ3v) is 6.84. The number of benzene rings is 3. The molecule has 0 saturated heterocycles. The highest BCUT2D eigenvalue weighted by atomic mass is 32.2. The van der Waals surface area contributed by atoms with Crippen molar-refractivity contribution in [1.29, 1.82) is 0 Å². The number of primary sulfonamides is 1. The van der Waals surface area contributed by atoms with Gasteiger partial charge in [0, 0.05) is 17.7 Å². The fourth-order valence-electron chi connectivity index (χ4n) is 4.37. The van der Waals surface area contributed by atoms with Gasteiger partial charge in [-0.2, -0.15) is 0 Å². The van der Waals surface area contributed by atoms with Crippen molar-refractivity contribution in [1.82, 2.24) is 9.55 Å². The molecular weight excluding hydrogens is 440 g/mol. The van der Waals surface area contributed by atoms with Gasteiger partial charge in [0.25, 0.3) is 0 Å². The number of hydrogen-bond acceptors (Lipinski definition) is 6. The van der Waals surface area contributed by atoms with Crippen molar-refractivity contribution in [2.45, 2.75) is 23.5 Å². The lowest BCUT2D eigenvalue weighted by atomic mass is 10.1. The number of aromatic nitrogens is 2. The van der Waals surface area contributed by atoms with E-state index < -0.39 is 16.1 Å². The van der Waals surface area contributed by atoms with E-state index in [0.29, 0.717) is 29.1 Å². The second-order valence-electron chi connectivity index (χ2n) is 8.07. The van der Waals surface area contributed by atoms with Crippen molar-refractivity contribution in [2.75, 3.05) is 5.32 Å². The normalized spacial score (nSPS) is 17.8. The van der Waals surface area contributed by atoms with Crippen LogP contribution in [-0.4, -0.2) is 34.3 Å². The molecule has 0 spiro atoms. The zero-order chi connectivity index (χ0) is 23.3. The average Bonchev–Trinajstić information content (AvgIpc) is 3.28. The maximum Gasteiger partial charge on any atom is 0.238 e. The Bertz CT molecular complexity index is 1490. The summed E-state index contributed by atoms with van der Waals surface area (Å²) in [4.78, 5) is 4.73. The lowest BCUT2D eigenvalue weighted by Gasteiger charge is -2.22. The summed E-state index contributed by atoms with van der Waals surface area (Å²) in [6.45, 7) is 3.58. The van der Waals surface area contributed by atoms with E-state index in [0.717, 1.165) is 16.6 Å². The summed E-state index contributed by atoms with van der Waals surface area (Å²) in [6.07, 6.45) is -0.133. The number of hydrogen-bond donors (Lipinski definition) is 4. The van der Waals surface area contributed by atoms with E-state index in [9.17, 15) is 18.6 Å². The molecule has 4 aromatic rings. The summed E-state index contributed by atoms with van der Waals surface area (Å²) in [6, 6.07) is 18.9. The molecule has 5 rings (SSSR count). The van der Waals surface area contributed by atoms with E-state index in [2.05, 4.69) is 11.9 Å². The molecule has 1 aliphatic rings. The Kier molecular flexibility index (Phi) is 4.97. The summed E-state index contributed by atoms with van der Waals surface area (Å²) in [5.74, 6) is 0.403. The molecule has 1 heterocycles. The highest BCUT2D eigenvalue weighted by molar-refractivity contribution is 7.89. The van der Waals surface area contributed by atoms with Crippen LogP contribution >= 0.6 is 0 Å². The predicted molar refractivity (Wildman–Crippen MR) is 127 cm³/mol. The SMILES string of the molecule is C=C(O)c1ccc2c(c1)nc(Nc1ccc(S(N)(=O)=O)cc1)n2[C@@H]1c2ccccc2C[C@@H]1O. The van der Waals surface area contributed by atoms with Gasteiger partial charge in [-0.05, 0) is 53.6 Å². The molecule has 0 radical (unpaired) electrons. The van der Waals surface area contributed by atoms with Gasteiger partial charge < -0.3 is 15.5 Å². The Morgan fingerprint density at radius 1 is 1.12 bits per heavy atom. The monoisotopic (exact) mass is 462 g/mol. The average molecular weight is 463 g/mol. The molecule has 1 aromatic heterocycles. The predicted octanol–water partition coefficient (Wildman–Crippen LogP) is 3.46. The number of aliphatic hydroxyl groups is 2.